The van der Waals surface area contributed by atoms with Gasteiger partial charge in [-0.3, -0.25) is 10.1 Å². The summed E-state index contributed by atoms with van der Waals surface area (Å²) in [6.07, 6.45) is 9.79. The van der Waals surface area contributed by atoms with Gasteiger partial charge in [0.2, 0.25) is 0 Å². The molecule has 2 heterocycles. The molecule has 25 heavy (non-hydrogen) atoms. The summed E-state index contributed by atoms with van der Waals surface area (Å²) in [5, 5.41) is 19.5. The third-order valence-electron chi connectivity index (χ3n) is 5.46. The second-order valence-electron chi connectivity index (χ2n) is 7.12. The third kappa shape index (κ3) is 3.13. The van der Waals surface area contributed by atoms with Crippen molar-refractivity contribution < 1.29 is 4.92 Å². The Morgan fingerprint density at radius 3 is 2.56 bits per heavy atom. The number of fused-ring (bicyclic) bond motifs is 1. The van der Waals surface area contributed by atoms with E-state index in [0.717, 1.165) is 24.5 Å². The normalized spacial score (nSPS) is 18.2. The van der Waals surface area contributed by atoms with E-state index in [-0.39, 0.29) is 10.6 Å². The van der Waals surface area contributed by atoms with Crippen LogP contribution in [-0.4, -0.2) is 21.2 Å². The smallest absolute Gasteiger partial charge is 0.269 e. The average Bonchev–Trinajstić information content (AvgIpc) is 2.84. The van der Waals surface area contributed by atoms with Gasteiger partial charge in [-0.1, -0.05) is 19.3 Å². The maximum Gasteiger partial charge on any atom is 0.269 e. The highest BCUT2D eigenvalue weighted by atomic mass is 16.6. The second-order valence-corrected chi connectivity index (χ2v) is 7.12. The number of rotatable bonds is 3. The van der Waals surface area contributed by atoms with Gasteiger partial charge in [0.25, 0.3) is 5.69 Å². The minimum atomic E-state index is -0.362. The van der Waals surface area contributed by atoms with Crippen LogP contribution in [0.15, 0.2) is 24.3 Å². The average molecular weight is 340 g/mol. The van der Waals surface area contributed by atoms with Gasteiger partial charge in [-0.05, 0) is 44.2 Å². The predicted octanol–water partition coefficient (Wildman–Crippen LogP) is 4.58. The number of hydrogen-bond acceptors (Lipinski definition) is 4. The van der Waals surface area contributed by atoms with E-state index in [4.69, 9.17) is 5.10 Å². The topological polar surface area (TPSA) is 73.0 Å². The number of hydrogen-bond donors (Lipinski definition) is 1. The zero-order valence-electron chi connectivity index (χ0n) is 14.4. The van der Waals surface area contributed by atoms with E-state index in [9.17, 15) is 10.1 Å². The van der Waals surface area contributed by atoms with Crippen LogP contribution in [0.4, 0.5) is 11.5 Å². The molecule has 1 N–H and O–H groups in total. The molecule has 6 heteroatoms. The highest BCUT2D eigenvalue weighted by molar-refractivity contribution is 5.56. The Bertz CT molecular complexity index is 760. The molecular weight excluding hydrogens is 316 g/mol. The zero-order chi connectivity index (χ0) is 17.2. The van der Waals surface area contributed by atoms with Crippen molar-refractivity contribution in [2.24, 2.45) is 0 Å². The largest absolute Gasteiger partial charge is 0.370 e. The highest BCUT2D eigenvalue weighted by Crippen LogP contribution is 2.38. The van der Waals surface area contributed by atoms with Gasteiger partial charge in [0.1, 0.15) is 5.82 Å². The molecule has 1 aliphatic carbocycles. The van der Waals surface area contributed by atoms with Gasteiger partial charge in [-0.2, -0.15) is 5.10 Å². The fraction of sp³-hybridized carbons (Fsp3) is 0.526. The minimum Gasteiger partial charge on any atom is -0.370 e. The molecule has 132 valence electrons. The van der Waals surface area contributed by atoms with Crippen LogP contribution in [0, 0.1) is 10.1 Å². The maximum atomic E-state index is 10.9. The van der Waals surface area contributed by atoms with Crippen LogP contribution in [0.5, 0.6) is 0 Å². The van der Waals surface area contributed by atoms with Gasteiger partial charge >= 0.3 is 0 Å². The first-order chi connectivity index (χ1) is 12.2. The number of anilines is 1. The van der Waals surface area contributed by atoms with Crippen molar-refractivity contribution in [3.05, 3.63) is 45.6 Å². The molecule has 0 unspecified atom stereocenters. The summed E-state index contributed by atoms with van der Waals surface area (Å²) < 4.78 is 1.97. The molecule has 0 atom stereocenters. The van der Waals surface area contributed by atoms with E-state index >= 15 is 0 Å². The molecule has 0 bridgehead atoms. The summed E-state index contributed by atoms with van der Waals surface area (Å²) in [5.74, 6) is 1.65. The first-order valence-electron chi connectivity index (χ1n) is 9.34. The van der Waals surface area contributed by atoms with E-state index in [1.807, 2.05) is 4.68 Å². The number of aromatic nitrogens is 2. The van der Waals surface area contributed by atoms with Gasteiger partial charge in [0, 0.05) is 30.2 Å². The molecule has 1 fully saturated rings. The minimum absolute atomic E-state index is 0.113. The number of nitro benzene ring substituents is 1. The van der Waals surface area contributed by atoms with Crippen molar-refractivity contribution >= 4 is 11.5 Å². The first-order valence-corrected chi connectivity index (χ1v) is 9.34. The summed E-state index contributed by atoms with van der Waals surface area (Å²) >= 11 is 0. The van der Waals surface area contributed by atoms with Crippen LogP contribution in [0.1, 0.15) is 62.1 Å². The fourth-order valence-corrected chi connectivity index (χ4v) is 4.14. The van der Waals surface area contributed by atoms with Crippen molar-refractivity contribution in [2.75, 3.05) is 11.9 Å². The van der Waals surface area contributed by atoms with E-state index < -0.39 is 0 Å². The van der Waals surface area contributed by atoms with E-state index in [2.05, 4.69) is 5.32 Å². The quantitative estimate of drug-likeness (QED) is 0.656. The second kappa shape index (κ2) is 6.86. The summed E-state index contributed by atoms with van der Waals surface area (Å²) in [7, 11) is 0. The summed E-state index contributed by atoms with van der Waals surface area (Å²) in [4.78, 5) is 10.5. The zero-order valence-corrected chi connectivity index (χ0v) is 14.4. The molecule has 2 aromatic rings. The predicted molar refractivity (Wildman–Crippen MR) is 97.5 cm³/mol. The molecule has 1 saturated carbocycles. The van der Waals surface area contributed by atoms with Gasteiger partial charge in [-0.15, -0.1) is 0 Å². The molecule has 0 radical (unpaired) electrons. The molecule has 2 aliphatic rings. The Kier molecular flexibility index (Phi) is 4.42. The number of nitrogens with one attached hydrogen (secondary N) is 1. The lowest BCUT2D eigenvalue weighted by Gasteiger charge is -2.20. The van der Waals surface area contributed by atoms with Crippen LogP contribution in [-0.2, 0) is 6.42 Å². The summed E-state index contributed by atoms with van der Waals surface area (Å²) in [6.45, 7) is 0.954. The molecule has 1 aromatic carbocycles. The van der Waals surface area contributed by atoms with Crippen molar-refractivity contribution in [1.29, 1.82) is 0 Å². The fourth-order valence-electron chi connectivity index (χ4n) is 4.14. The molecule has 0 amide bonds. The van der Waals surface area contributed by atoms with Crippen LogP contribution >= 0.6 is 0 Å². The monoisotopic (exact) mass is 340 g/mol. The first kappa shape index (κ1) is 16.1. The lowest BCUT2D eigenvalue weighted by atomic mass is 9.85. The lowest BCUT2D eigenvalue weighted by Crippen LogP contribution is -2.08. The van der Waals surface area contributed by atoms with E-state index in [1.165, 1.54) is 56.2 Å². The molecule has 6 nitrogen and oxygen atoms in total. The van der Waals surface area contributed by atoms with Crippen molar-refractivity contribution in [3.63, 3.8) is 0 Å². The molecule has 4 rings (SSSR count). The Balaban J connectivity index is 1.76. The molecule has 1 aromatic heterocycles. The van der Waals surface area contributed by atoms with Crippen LogP contribution < -0.4 is 5.32 Å². The van der Waals surface area contributed by atoms with Crippen LogP contribution in [0.3, 0.4) is 0 Å². The third-order valence-corrected chi connectivity index (χ3v) is 5.46. The Morgan fingerprint density at radius 2 is 1.84 bits per heavy atom. The Labute approximate surface area is 147 Å². The molecule has 1 aliphatic heterocycles. The summed E-state index contributed by atoms with van der Waals surface area (Å²) in [6, 6.07) is 6.70. The number of nitro groups is 1. The molecule has 0 spiro atoms. The standard InChI is InChI=1S/C19H24N4O2/c24-23(25)16-11-9-15(10-12-16)22-19-17(8-4-5-13-20-19)18(21-22)14-6-2-1-3-7-14/h9-12,14,20H,1-8,13H2. The van der Waals surface area contributed by atoms with E-state index in [0.29, 0.717) is 5.92 Å². The number of non-ortho nitro benzene ring substituents is 1. The summed E-state index contributed by atoms with van der Waals surface area (Å²) in [5.41, 5.74) is 3.62. The molecular formula is C19H24N4O2. The van der Waals surface area contributed by atoms with Crippen molar-refractivity contribution in [1.82, 2.24) is 9.78 Å². The van der Waals surface area contributed by atoms with Crippen molar-refractivity contribution in [3.8, 4) is 5.69 Å². The Hall–Kier alpha value is -2.37. The Morgan fingerprint density at radius 1 is 1.08 bits per heavy atom. The SMILES string of the molecule is O=[N+]([O-])c1ccc(-n2nc(C3CCCCC3)c3c2NCCCC3)cc1. The van der Waals surface area contributed by atoms with E-state index in [1.54, 1.807) is 24.3 Å². The number of benzene rings is 1. The van der Waals surface area contributed by atoms with Gasteiger partial charge in [-0.25, -0.2) is 4.68 Å². The van der Waals surface area contributed by atoms with Gasteiger partial charge in [0.15, 0.2) is 0 Å². The maximum absolute atomic E-state index is 10.9. The molecule has 0 saturated heterocycles. The lowest BCUT2D eigenvalue weighted by molar-refractivity contribution is -0.384. The van der Waals surface area contributed by atoms with Crippen LogP contribution in [0.2, 0.25) is 0 Å². The highest BCUT2D eigenvalue weighted by Gasteiger charge is 2.27. The number of nitrogens with zero attached hydrogens (tertiary/aromatic N) is 3. The van der Waals surface area contributed by atoms with Gasteiger partial charge in [0.05, 0.1) is 16.3 Å². The van der Waals surface area contributed by atoms with Gasteiger partial charge < -0.3 is 5.32 Å². The van der Waals surface area contributed by atoms with Crippen LogP contribution in [0.25, 0.3) is 5.69 Å². The van der Waals surface area contributed by atoms with Crippen molar-refractivity contribution in [2.45, 2.75) is 57.3 Å².